The standard InChI is InChI=1S/C29H30ClN9O5/c1-29(2,3)44-27(41)31-16-24(20-14-23(36-32-15-20)18-5-9-22(10-6-18)34-28(42)43-4)35-26(40)12-7-19-13-21(30)8-11-25(19)39-17-33-37-38-39/h5-15,17,24H,16H2,1-4H3,(H,31,41)(H,34,42)(H,35,40)/b12-7+. The summed E-state index contributed by atoms with van der Waals surface area (Å²) in [7, 11) is 1.28. The van der Waals surface area contributed by atoms with Gasteiger partial charge in [-0.25, -0.2) is 9.59 Å². The molecule has 228 valence electrons. The predicted octanol–water partition coefficient (Wildman–Crippen LogP) is 4.35. The number of hydrogen-bond acceptors (Lipinski definition) is 10. The molecule has 0 spiro atoms. The molecule has 2 heterocycles. The highest BCUT2D eigenvalue weighted by molar-refractivity contribution is 6.30. The smallest absolute Gasteiger partial charge is 0.411 e. The zero-order chi connectivity index (χ0) is 31.7. The first kappa shape index (κ1) is 31.6. The van der Waals surface area contributed by atoms with Gasteiger partial charge in [-0.2, -0.15) is 14.9 Å². The number of alkyl carbamates (subject to hydrolysis) is 1. The molecule has 0 fully saturated rings. The number of benzene rings is 2. The Morgan fingerprint density at radius 2 is 1.82 bits per heavy atom. The number of tetrazole rings is 1. The molecule has 0 radical (unpaired) electrons. The van der Waals surface area contributed by atoms with E-state index in [0.29, 0.717) is 38.8 Å². The molecule has 2 aromatic heterocycles. The number of methoxy groups -OCH3 is 1. The molecular weight excluding hydrogens is 590 g/mol. The Labute approximate surface area is 257 Å². The van der Waals surface area contributed by atoms with Gasteiger partial charge in [-0.1, -0.05) is 23.7 Å². The fourth-order valence-corrected chi connectivity index (χ4v) is 4.06. The number of halogens is 1. The highest BCUT2D eigenvalue weighted by atomic mass is 35.5. The Morgan fingerprint density at radius 3 is 2.50 bits per heavy atom. The summed E-state index contributed by atoms with van der Waals surface area (Å²) in [6.07, 6.45) is 4.60. The summed E-state index contributed by atoms with van der Waals surface area (Å²) < 4.78 is 11.4. The Bertz CT molecular complexity index is 1640. The summed E-state index contributed by atoms with van der Waals surface area (Å²) in [6, 6.07) is 13.0. The molecule has 3 N–H and O–H groups in total. The minimum absolute atomic E-state index is 0.00530. The number of rotatable bonds is 9. The Morgan fingerprint density at radius 1 is 1.05 bits per heavy atom. The SMILES string of the molecule is COC(=O)Nc1ccc(-c2cc(C(CNC(=O)OC(C)(C)C)NC(=O)/C=C/c3cc(Cl)ccc3-n3cnnn3)cnn2)cc1. The summed E-state index contributed by atoms with van der Waals surface area (Å²) >= 11 is 6.19. The normalized spacial score (nSPS) is 11.9. The van der Waals surface area contributed by atoms with Gasteiger partial charge in [0.15, 0.2) is 0 Å². The highest BCUT2D eigenvalue weighted by Crippen LogP contribution is 2.23. The van der Waals surface area contributed by atoms with Crippen LogP contribution in [0.15, 0.2) is 67.1 Å². The lowest BCUT2D eigenvalue weighted by Gasteiger charge is -2.22. The Hall–Kier alpha value is -5.37. The summed E-state index contributed by atoms with van der Waals surface area (Å²) in [5.41, 5.74) is 2.82. The molecule has 0 aliphatic rings. The average Bonchev–Trinajstić information content (AvgIpc) is 3.52. The van der Waals surface area contributed by atoms with E-state index in [1.54, 1.807) is 75.4 Å². The molecule has 1 unspecified atom stereocenters. The van der Waals surface area contributed by atoms with Crippen molar-refractivity contribution in [2.24, 2.45) is 0 Å². The topological polar surface area (TPSA) is 175 Å². The average molecular weight is 620 g/mol. The van der Waals surface area contributed by atoms with Crippen LogP contribution in [0.25, 0.3) is 23.0 Å². The predicted molar refractivity (Wildman–Crippen MR) is 162 cm³/mol. The molecule has 0 saturated carbocycles. The first-order valence-electron chi connectivity index (χ1n) is 13.3. The van der Waals surface area contributed by atoms with Gasteiger partial charge in [0.1, 0.15) is 11.9 Å². The first-order chi connectivity index (χ1) is 21.0. The molecule has 0 aliphatic heterocycles. The van der Waals surface area contributed by atoms with Crippen molar-refractivity contribution >= 4 is 41.5 Å². The van der Waals surface area contributed by atoms with Crippen LogP contribution < -0.4 is 16.0 Å². The largest absolute Gasteiger partial charge is 0.453 e. The number of aromatic nitrogens is 6. The van der Waals surface area contributed by atoms with E-state index in [-0.39, 0.29) is 6.54 Å². The molecular formula is C29H30ClN9O5. The summed E-state index contributed by atoms with van der Waals surface area (Å²) in [6.45, 7) is 5.25. The number of nitrogens with zero attached hydrogens (tertiary/aromatic N) is 6. The van der Waals surface area contributed by atoms with Crippen LogP contribution in [-0.2, 0) is 14.3 Å². The number of carbonyl (C=O) groups excluding carboxylic acids is 3. The molecule has 0 saturated heterocycles. The highest BCUT2D eigenvalue weighted by Gasteiger charge is 2.20. The van der Waals surface area contributed by atoms with Gasteiger partial charge < -0.3 is 20.1 Å². The number of carbonyl (C=O) groups is 3. The lowest BCUT2D eigenvalue weighted by atomic mass is 10.1. The van der Waals surface area contributed by atoms with E-state index in [1.807, 2.05) is 0 Å². The fraction of sp³-hybridized carbons (Fsp3) is 0.241. The van der Waals surface area contributed by atoms with Crippen LogP contribution in [0.2, 0.25) is 5.02 Å². The van der Waals surface area contributed by atoms with E-state index in [9.17, 15) is 14.4 Å². The van der Waals surface area contributed by atoms with Gasteiger partial charge >= 0.3 is 12.2 Å². The van der Waals surface area contributed by atoms with Crippen LogP contribution in [0, 0.1) is 0 Å². The third-order valence-corrected chi connectivity index (χ3v) is 6.09. The molecule has 14 nitrogen and oxygen atoms in total. The second-order valence-corrected chi connectivity index (χ2v) is 10.7. The zero-order valence-corrected chi connectivity index (χ0v) is 25.1. The van der Waals surface area contributed by atoms with Gasteiger partial charge in [-0.15, -0.1) is 5.10 Å². The van der Waals surface area contributed by atoms with Crippen molar-refractivity contribution in [1.82, 2.24) is 41.0 Å². The molecule has 4 rings (SSSR count). The quantitative estimate of drug-likeness (QED) is 0.228. The third-order valence-electron chi connectivity index (χ3n) is 5.86. The lowest BCUT2D eigenvalue weighted by molar-refractivity contribution is -0.117. The van der Waals surface area contributed by atoms with E-state index in [1.165, 1.54) is 30.4 Å². The summed E-state index contributed by atoms with van der Waals surface area (Å²) in [5.74, 6) is -0.458. The molecule has 3 amide bonds. The van der Waals surface area contributed by atoms with Gasteiger partial charge in [0.2, 0.25) is 5.91 Å². The van der Waals surface area contributed by atoms with Crippen LogP contribution >= 0.6 is 11.6 Å². The van der Waals surface area contributed by atoms with E-state index >= 15 is 0 Å². The lowest BCUT2D eigenvalue weighted by Crippen LogP contribution is -2.39. The van der Waals surface area contributed by atoms with Crippen molar-refractivity contribution in [3.05, 3.63) is 83.3 Å². The van der Waals surface area contributed by atoms with Gasteiger partial charge in [-0.3, -0.25) is 10.1 Å². The minimum atomic E-state index is -0.715. The maximum absolute atomic E-state index is 13.2. The molecule has 1 atom stereocenters. The monoisotopic (exact) mass is 619 g/mol. The molecule has 0 bridgehead atoms. The second-order valence-electron chi connectivity index (χ2n) is 10.3. The number of anilines is 1. The Kier molecular flexibility index (Phi) is 10.2. The minimum Gasteiger partial charge on any atom is -0.453 e. The van der Waals surface area contributed by atoms with Crippen LogP contribution in [-0.4, -0.2) is 67.8 Å². The summed E-state index contributed by atoms with van der Waals surface area (Å²) in [5, 5.41) is 28.2. The van der Waals surface area contributed by atoms with Crippen molar-refractivity contribution in [2.75, 3.05) is 19.0 Å². The Balaban J connectivity index is 1.56. The third kappa shape index (κ3) is 9.06. The number of nitrogens with one attached hydrogen (secondary N) is 3. The van der Waals surface area contributed by atoms with Crippen LogP contribution in [0.3, 0.4) is 0 Å². The van der Waals surface area contributed by atoms with Crippen molar-refractivity contribution in [1.29, 1.82) is 0 Å². The van der Waals surface area contributed by atoms with Crippen molar-refractivity contribution in [3.63, 3.8) is 0 Å². The van der Waals surface area contributed by atoms with Gasteiger partial charge in [0, 0.05) is 34.5 Å². The summed E-state index contributed by atoms with van der Waals surface area (Å²) in [4.78, 5) is 37.1. The van der Waals surface area contributed by atoms with Gasteiger partial charge in [0.25, 0.3) is 0 Å². The zero-order valence-electron chi connectivity index (χ0n) is 24.3. The number of amides is 3. The second kappa shape index (κ2) is 14.2. The van der Waals surface area contributed by atoms with Gasteiger partial charge in [0.05, 0.1) is 30.7 Å². The number of ether oxygens (including phenoxy) is 2. The van der Waals surface area contributed by atoms with E-state index in [2.05, 4.69) is 46.4 Å². The maximum Gasteiger partial charge on any atom is 0.411 e. The number of hydrogen-bond donors (Lipinski definition) is 3. The molecule has 2 aromatic carbocycles. The first-order valence-corrected chi connectivity index (χ1v) is 13.6. The fourth-order valence-electron chi connectivity index (χ4n) is 3.88. The molecule has 4 aromatic rings. The van der Waals surface area contributed by atoms with Crippen LogP contribution in [0.1, 0.15) is 37.9 Å². The van der Waals surface area contributed by atoms with E-state index in [0.717, 1.165) is 0 Å². The molecule has 0 aliphatic carbocycles. The van der Waals surface area contributed by atoms with Crippen molar-refractivity contribution in [3.8, 4) is 16.9 Å². The molecule has 44 heavy (non-hydrogen) atoms. The van der Waals surface area contributed by atoms with E-state index < -0.39 is 29.7 Å². The van der Waals surface area contributed by atoms with Crippen LogP contribution in [0.4, 0.5) is 15.3 Å². The van der Waals surface area contributed by atoms with Gasteiger partial charge in [-0.05, 0) is 79.2 Å². The molecule has 15 heteroatoms. The van der Waals surface area contributed by atoms with Crippen molar-refractivity contribution in [2.45, 2.75) is 32.4 Å². The van der Waals surface area contributed by atoms with Crippen LogP contribution in [0.5, 0.6) is 0 Å². The maximum atomic E-state index is 13.2. The van der Waals surface area contributed by atoms with E-state index in [4.69, 9.17) is 16.3 Å². The van der Waals surface area contributed by atoms with Crippen molar-refractivity contribution < 1.29 is 23.9 Å².